The number of benzene rings is 1. The Morgan fingerprint density at radius 1 is 1.44 bits per heavy atom. The molecule has 4 nitrogen and oxygen atoms in total. The van der Waals surface area contributed by atoms with Crippen molar-refractivity contribution < 1.29 is 14.0 Å². The van der Waals surface area contributed by atoms with Gasteiger partial charge in [-0.2, -0.15) is 0 Å². The number of likely N-dealkylation sites (N-methyl/N-ethyl adjacent to an activating group) is 1. The zero-order chi connectivity index (χ0) is 12.1. The summed E-state index contributed by atoms with van der Waals surface area (Å²) in [5.41, 5.74) is 5.61. The summed E-state index contributed by atoms with van der Waals surface area (Å²) in [6.07, 6.45) is 0.479. The highest BCUT2D eigenvalue weighted by atomic mass is 19.1. The second kappa shape index (κ2) is 5.25. The Bertz CT molecular complexity index is 407. The van der Waals surface area contributed by atoms with Crippen molar-refractivity contribution in [1.29, 1.82) is 0 Å². The number of nitrogens with zero attached hydrogens (tertiary/aromatic N) is 1. The maximum absolute atomic E-state index is 12.8. The van der Waals surface area contributed by atoms with Gasteiger partial charge in [0.1, 0.15) is 5.82 Å². The molecule has 5 heteroatoms. The van der Waals surface area contributed by atoms with E-state index in [1.807, 2.05) is 0 Å². The van der Waals surface area contributed by atoms with Gasteiger partial charge in [0.05, 0.1) is 0 Å². The standard InChI is InChI=1S/C11H13FN2O2/c1-14(11(16)10(13)15)6-5-8-3-2-4-9(12)7-8/h2-4,7H,5-6H2,1H3,(H2,13,15). The lowest BCUT2D eigenvalue weighted by molar-refractivity contribution is -0.143. The van der Waals surface area contributed by atoms with Crippen LogP contribution in [0.2, 0.25) is 0 Å². The summed E-state index contributed by atoms with van der Waals surface area (Å²) < 4.78 is 12.8. The molecule has 0 aliphatic heterocycles. The summed E-state index contributed by atoms with van der Waals surface area (Å²) in [5, 5.41) is 0. The number of nitrogens with two attached hydrogens (primary N) is 1. The van der Waals surface area contributed by atoms with Crippen molar-refractivity contribution in [1.82, 2.24) is 4.90 Å². The van der Waals surface area contributed by atoms with Crippen molar-refractivity contribution in [3.63, 3.8) is 0 Å². The van der Waals surface area contributed by atoms with Crippen LogP contribution in [0, 0.1) is 5.82 Å². The van der Waals surface area contributed by atoms with E-state index in [0.29, 0.717) is 13.0 Å². The van der Waals surface area contributed by atoms with Gasteiger partial charge in [0.25, 0.3) is 0 Å². The van der Waals surface area contributed by atoms with Crippen LogP contribution >= 0.6 is 0 Å². The Balaban J connectivity index is 2.52. The van der Waals surface area contributed by atoms with Gasteiger partial charge in [-0.15, -0.1) is 0 Å². The van der Waals surface area contributed by atoms with Crippen LogP contribution in [-0.2, 0) is 16.0 Å². The topological polar surface area (TPSA) is 63.4 Å². The van der Waals surface area contributed by atoms with E-state index in [1.165, 1.54) is 24.1 Å². The first kappa shape index (κ1) is 12.2. The van der Waals surface area contributed by atoms with Crippen molar-refractivity contribution in [2.75, 3.05) is 13.6 Å². The van der Waals surface area contributed by atoms with Gasteiger partial charge in [-0.05, 0) is 24.1 Å². The number of rotatable bonds is 3. The molecule has 16 heavy (non-hydrogen) atoms. The highest BCUT2D eigenvalue weighted by Crippen LogP contribution is 2.04. The zero-order valence-corrected chi connectivity index (χ0v) is 8.94. The summed E-state index contributed by atoms with van der Waals surface area (Å²) in [6.45, 7) is 0.325. The lowest BCUT2D eigenvalue weighted by Crippen LogP contribution is -2.38. The second-order valence-corrected chi connectivity index (χ2v) is 3.47. The van der Waals surface area contributed by atoms with Crippen LogP contribution < -0.4 is 5.73 Å². The molecule has 86 valence electrons. The molecule has 0 aromatic heterocycles. The Hall–Kier alpha value is -1.91. The molecule has 0 spiro atoms. The Labute approximate surface area is 92.8 Å². The van der Waals surface area contributed by atoms with Gasteiger partial charge < -0.3 is 10.6 Å². The lowest BCUT2D eigenvalue weighted by Gasteiger charge is -2.14. The van der Waals surface area contributed by atoms with E-state index in [1.54, 1.807) is 12.1 Å². The van der Waals surface area contributed by atoms with Crippen LogP contribution in [0.3, 0.4) is 0 Å². The van der Waals surface area contributed by atoms with Gasteiger partial charge in [-0.1, -0.05) is 12.1 Å². The van der Waals surface area contributed by atoms with E-state index in [-0.39, 0.29) is 5.82 Å². The SMILES string of the molecule is CN(CCc1cccc(F)c1)C(=O)C(N)=O. The molecule has 2 N–H and O–H groups in total. The first-order chi connectivity index (χ1) is 7.50. The number of carbonyl (C=O) groups excluding carboxylic acids is 2. The van der Waals surface area contributed by atoms with Crippen LogP contribution in [0.5, 0.6) is 0 Å². The van der Waals surface area contributed by atoms with Crippen LogP contribution in [0.4, 0.5) is 4.39 Å². The maximum Gasteiger partial charge on any atom is 0.311 e. The fourth-order valence-corrected chi connectivity index (χ4v) is 1.28. The summed E-state index contributed by atoms with van der Waals surface area (Å²) in [6, 6.07) is 6.09. The Kier molecular flexibility index (Phi) is 3.99. The third-order valence-corrected chi connectivity index (χ3v) is 2.18. The molecule has 1 rings (SSSR count). The number of amides is 2. The average molecular weight is 224 g/mol. The van der Waals surface area contributed by atoms with Crippen LogP contribution in [0.25, 0.3) is 0 Å². The summed E-state index contributed by atoms with van der Waals surface area (Å²) in [5.74, 6) is -2.04. The first-order valence-corrected chi connectivity index (χ1v) is 4.80. The molecule has 1 aromatic rings. The number of hydrogen-bond acceptors (Lipinski definition) is 2. The number of primary amides is 1. The third-order valence-electron chi connectivity index (χ3n) is 2.18. The van der Waals surface area contributed by atoms with Crippen molar-refractivity contribution in [2.45, 2.75) is 6.42 Å². The molecule has 0 heterocycles. The second-order valence-electron chi connectivity index (χ2n) is 3.47. The van der Waals surface area contributed by atoms with Crippen molar-refractivity contribution in [2.24, 2.45) is 5.73 Å². The quantitative estimate of drug-likeness (QED) is 0.751. The summed E-state index contributed by atoms with van der Waals surface area (Å²) in [7, 11) is 1.48. The zero-order valence-electron chi connectivity index (χ0n) is 8.94. The Morgan fingerprint density at radius 2 is 2.12 bits per heavy atom. The smallest absolute Gasteiger partial charge is 0.311 e. The largest absolute Gasteiger partial charge is 0.361 e. The fourth-order valence-electron chi connectivity index (χ4n) is 1.28. The number of hydrogen-bond donors (Lipinski definition) is 1. The van der Waals surface area contributed by atoms with Gasteiger partial charge in [-0.25, -0.2) is 4.39 Å². The predicted octanol–water partition coefficient (Wildman–Crippen LogP) is 0.312. The monoisotopic (exact) mass is 224 g/mol. The number of carbonyl (C=O) groups is 2. The molecule has 0 unspecified atom stereocenters. The normalized spacial score (nSPS) is 9.88. The highest BCUT2D eigenvalue weighted by Gasteiger charge is 2.14. The van der Waals surface area contributed by atoms with E-state index in [2.05, 4.69) is 0 Å². The van der Waals surface area contributed by atoms with Crippen LogP contribution in [-0.4, -0.2) is 30.3 Å². The first-order valence-electron chi connectivity index (χ1n) is 4.80. The molecule has 0 aliphatic carbocycles. The number of halogens is 1. The molecule has 2 amide bonds. The van der Waals surface area contributed by atoms with E-state index in [4.69, 9.17) is 5.73 Å². The highest BCUT2D eigenvalue weighted by molar-refractivity contribution is 6.34. The van der Waals surface area contributed by atoms with Gasteiger partial charge in [-0.3, -0.25) is 9.59 Å². The van der Waals surface area contributed by atoms with E-state index < -0.39 is 11.8 Å². The van der Waals surface area contributed by atoms with E-state index in [9.17, 15) is 14.0 Å². The lowest BCUT2D eigenvalue weighted by atomic mass is 10.1. The molecule has 0 aliphatic rings. The molecular formula is C11H13FN2O2. The average Bonchev–Trinajstić information content (AvgIpc) is 2.24. The molecule has 0 saturated heterocycles. The maximum atomic E-state index is 12.8. The van der Waals surface area contributed by atoms with Crippen molar-refractivity contribution >= 4 is 11.8 Å². The molecule has 0 saturated carbocycles. The van der Waals surface area contributed by atoms with Gasteiger partial charge in [0.2, 0.25) is 0 Å². The van der Waals surface area contributed by atoms with Crippen molar-refractivity contribution in [3.8, 4) is 0 Å². The third kappa shape index (κ3) is 3.34. The minimum absolute atomic E-state index is 0.318. The summed E-state index contributed by atoms with van der Waals surface area (Å²) in [4.78, 5) is 22.9. The van der Waals surface area contributed by atoms with Gasteiger partial charge in [0, 0.05) is 13.6 Å². The molecule has 0 radical (unpaired) electrons. The van der Waals surface area contributed by atoms with Crippen molar-refractivity contribution in [3.05, 3.63) is 35.6 Å². The molecule has 1 aromatic carbocycles. The fraction of sp³-hybridized carbons (Fsp3) is 0.273. The molecular weight excluding hydrogens is 211 g/mol. The molecule has 0 bridgehead atoms. The molecule has 0 fully saturated rings. The van der Waals surface area contributed by atoms with Gasteiger partial charge in [0.15, 0.2) is 0 Å². The minimum Gasteiger partial charge on any atom is -0.361 e. The van der Waals surface area contributed by atoms with Gasteiger partial charge >= 0.3 is 11.8 Å². The van der Waals surface area contributed by atoms with E-state index in [0.717, 1.165) is 5.56 Å². The van der Waals surface area contributed by atoms with E-state index >= 15 is 0 Å². The van der Waals surface area contributed by atoms with Crippen LogP contribution in [0.15, 0.2) is 24.3 Å². The minimum atomic E-state index is -0.984. The Morgan fingerprint density at radius 3 is 2.69 bits per heavy atom. The van der Waals surface area contributed by atoms with Crippen LogP contribution in [0.1, 0.15) is 5.56 Å². The molecule has 0 atom stereocenters. The summed E-state index contributed by atoms with van der Waals surface area (Å²) >= 11 is 0. The predicted molar refractivity (Wildman–Crippen MR) is 56.9 cm³/mol.